The molecular formula is C30H27N5O2S2. The van der Waals surface area contributed by atoms with Crippen LogP contribution in [0.15, 0.2) is 87.9 Å². The lowest BCUT2D eigenvalue weighted by Crippen LogP contribution is -2.35. The number of hydrazone groups is 1. The van der Waals surface area contributed by atoms with Gasteiger partial charge in [0, 0.05) is 22.7 Å². The number of rotatable bonds is 6. The molecule has 1 amide bonds. The fourth-order valence-electron chi connectivity index (χ4n) is 4.54. The Morgan fingerprint density at radius 1 is 1.05 bits per heavy atom. The summed E-state index contributed by atoms with van der Waals surface area (Å²) in [6.07, 6.45) is 3.75. The van der Waals surface area contributed by atoms with E-state index in [2.05, 4.69) is 53.6 Å². The van der Waals surface area contributed by atoms with Crippen molar-refractivity contribution < 1.29 is 9.53 Å². The molecule has 0 atom stereocenters. The van der Waals surface area contributed by atoms with Crippen LogP contribution in [0.1, 0.15) is 36.8 Å². The number of aliphatic imine (C=N–C) groups is 1. The molecule has 4 aromatic rings. The van der Waals surface area contributed by atoms with Crippen molar-refractivity contribution in [2.45, 2.75) is 32.7 Å². The van der Waals surface area contributed by atoms with Gasteiger partial charge in [0.15, 0.2) is 5.84 Å². The van der Waals surface area contributed by atoms with Crippen LogP contribution in [0.4, 0.5) is 0 Å². The van der Waals surface area contributed by atoms with Crippen LogP contribution in [-0.4, -0.2) is 38.1 Å². The van der Waals surface area contributed by atoms with Gasteiger partial charge in [0.25, 0.3) is 5.91 Å². The van der Waals surface area contributed by atoms with E-state index in [0.717, 1.165) is 32.1 Å². The van der Waals surface area contributed by atoms with Gasteiger partial charge in [-0.15, -0.1) is 11.3 Å². The normalized spacial score (nSPS) is 16.6. The van der Waals surface area contributed by atoms with Gasteiger partial charge in [0.1, 0.15) is 17.4 Å². The Morgan fingerprint density at radius 2 is 1.85 bits per heavy atom. The van der Waals surface area contributed by atoms with E-state index >= 15 is 0 Å². The molecule has 9 heteroatoms. The number of thiophene rings is 1. The van der Waals surface area contributed by atoms with Gasteiger partial charge in [-0.2, -0.15) is 15.1 Å². The van der Waals surface area contributed by atoms with Gasteiger partial charge in [0.2, 0.25) is 5.17 Å². The molecule has 2 aliphatic heterocycles. The van der Waals surface area contributed by atoms with Crippen molar-refractivity contribution in [3.8, 4) is 5.75 Å². The van der Waals surface area contributed by atoms with Crippen molar-refractivity contribution in [1.82, 2.24) is 9.58 Å². The number of nitrogens with zero attached hydrogens (tertiary/aromatic N) is 4. The summed E-state index contributed by atoms with van der Waals surface area (Å²) >= 11 is 2.88. The highest BCUT2D eigenvalue weighted by atomic mass is 32.2. The lowest BCUT2D eigenvalue weighted by Gasteiger charge is -2.20. The number of hydrogen-bond donors (Lipinski definition) is 1. The average molecular weight is 554 g/mol. The van der Waals surface area contributed by atoms with Crippen molar-refractivity contribution >= 4 is 62.0 Å². The van der Waals surface area contributed by atoms with E-state index in [9.17, 15) is 4.79 Å². The van der Waals surface area contributed by atoms with E-state index in [1.54, 1.807) is 17.4 Å². The van der Waals surface area contributed by atoms with Gasteiger partial charge in [0.05, 0.1) is 17.0 Å². The first-order valence-electron chi connectivity index (χ1n) is 12.6. The first-order valence-corrected chi connectivity index (χ1v) is 14.3. The van der Waals surface area contributed by atoms with Crippen molar-refractivity contribution in [1.29, 1.82) is 5.41 Å². The van der Waals surface area contributed by atoms with E-state index in [1.807, 2.05) is 54.0 Å². The third-order valence-corrected chi connectivity index (χ3v) is 8.57. The number of carbonyl (C=O) groups excluding carboxylic acids is 1. The van der Waals surface area contributed by atoms with Gasteiger partial charge < -0.3 is 9.30 Å². The van der Waals surface area contributed by atoms with Crippen LogP contribution in [0, 0.1) is 5.41 Å². The van der Waals surface area contributed by atoms with Gasteiger partial charge >= 0.3 is 0 Å². The van der Waals surface area contributed by atoms with Crippen molar-refractivity contribution in [3.05, 3.63) is 93.8 Å². The van der Waals surface area contributed by atoms with E-state index < -0.39 is 5.91 Å². The molecule has 0 fully saturated rings. The number of hydrogen-bond acceptors (Lipinski definition) is 6. The van der Waals surface area contributed by atoms with E-state index in [1.165, 1.54) is 22.3 Å². The van der Waals surface area contributed by atoms with Gasteiger partial charge in [-0.05, 0) is 58.5 Å². The van der Waals surface area contributed by atoms with Crippen LogP contribution in [0.3, 0.4) is 0 Å². The predicted molar refractivity (Wildman–Crippen MR) is 161 cm³/mol. The first-order chi connectivity index (χ1) is 18.8. The van der Waals surface area contributed by atoms with E-state index in [-0.39, 0.29) is 16.8 Å². The average Bonchev–Trinajstić information content (AvgIpc) is 3.66. The predicted octanol–water partition coefficient (Wildman–Crippen LogP) is 6.75. The fourth-order valence-corrected chi connectivity index (χ4v) is 6.22. The molecular weight excluding hydrogens is 526 g/mol. The summed E-state index contributed by atoms with van der Waals surface area (Å²) in [5.41, 5.74) is 3.46. The number of fused-ring (bicyclic) bond motifs is 2. The highest BCUT2D eigenvalue weighted by molar-refractivity contribution is 8.27. The Balaban J connectivity index is 1.23. The number of carbonyl (C=O) groups is 1. The second-order valence-corrected chi connectivity index (χ2v) is 12.2. The van der Waals surface area contributed by atoms with Crippen LogP contribution in [0.25, 0.3) is 17.0 Å². The summed E-state index contributed by atoms with van der Waals surface area (Å²) in [5.74, 6) is 0.436. The molecule has 0 radical (unpaired) electrons. The molecule has 0 unspecified atom stereocenters. The minimum absolute atomic E-state index is 0.0305. The number of ether oxygens (including phenoxy) is 1. The molecule has 2 aromatic heterocycles. The summed E-state index contributed by atoms with van der Waals surface area (Å²) in [6.45, 7) is 7.72. The number of aromatic nitrogens is 1. The molecule has 0 spiro atoms. The Bertz CT molecular complexity index is 1670. The number of amidine groups is 2. The topological polar surface area (TPSA) is 83.0 Å². The maximum absolute atomic E-state index is 13.0. The SMILES string of the molecule is CC(C)(C)c1ccc(OCCn2cc(/C=C3/C(=N)N4N=C(c5cccs5)SC4=NC3=O)c3ccccc32)cc1. The molecule has 0 saturated carbocycles. The minimum Gasteiger partial charge on any atom is -0.492 e. The van der Waals surface area contributed by atoms with Crippen LogP contribution >= 0.6 is 23.1 Å². The Kier molecular flexibility index (Phi) is 6.48. The lowest BCUT2D eigenvalue weighted by molar-refractivity contribution is -0.114. The van der Waals surface area contributed by atoms with Crippen LogP contribution in [-0.2, 0) is 16.8 Å². The van der Waals surface area contributed by atoms with Crippen LogP contribution in [0.5, 0.6) is 5.75 Å². The van der Waals surface area contributed by atoms with Crippen LogP contribution in [0.2, 0.25) is 0 Å². The maximum Gasteiger partial charge on any atom is 0.283 e. The van der Waals surface area contributed by atoms with Gasteiger partial charge in [-0.1, -0.05) is 57.2 Å². The van der Waals surface area contributed by atoms with Crippen molar-refractivity contribution in [2.24, 2.45) is 10.1 Å². The zero-order valence-corrected chi connectivity index (χ0v) is 23.5. The first kappa shape index (κ1) is 25.3. The third-order valence-electron chi connectivity index (χ3n) is 6.63. The second kappa shape index (κ2) is 9.98. The lowest BCUT2D eigenvalue weighted by atomic mass is 9.87. The summed E-state index contributed by atoms with van der Waals surface area (Å²) in [6, 6.07) is 20.2. The molecule has 2 aliphatic rings. The zero-order chi connectivity index (χ0) is 27.1. The number of para-hydroxylation sites is 1. The van der Waals surface area contributed by atoms with Crippen LogP contribution < -0.4 is 4.74 Å². The third kappa shape index (κ3) is 4.95. The number of nitrogens with one attached hydrogen (secondary N) is 1. The zero-order valence-electron chi connectivity index (χ0n) is 21.8. The summed E-state index contributed by atoms with van der Waals surface area (Å²) in [5, 5.41) is 18.9. The second-order valence-electron chi connectivity index (χ2n) is 10.3. The summed E-state index contributed by atoms with van der Waals surface area (Å²) in [7, 11) is 0. The standard InChI is InChI=1S/C30H27N5O2S2/c1-30(2,3)20-10-12-21(13-11-20)37-15-14-34-18-19(22-7-4-5-8-24(22)34)17-23-26(31)35-29(32-27(23)36)39-28(33-35)25-9-6-16-38-25/h4-13,16-18,31H,14-15H2,1-3H3/b23-17-,31-26?. The maximum atomic E-state index is 13.0. The molecule has 39 heavy (non-hydrogen) atoms. The highest BCUT2D eigenvalue weighted by Crippen LogP contribution is 2.33. The van der Waals surface area contributed by atoms with E-state index in [4.69, 9.17) is 10.1 Å². The van der Waals surface area contributed by atoms with Crippen molar-refractivity contribution in [2.75, 3.05) is 6.61 Å². The number of benzene rings is 2. The Morgan fingerprint density at radius 3 is 2.59 bits per heavy atom. The largest absolute Gasteiger partial charge is 0.492 e. The van der Waals surface area contributed by atoms with Gasteiger partial charge in [-0.3, -0.25) is 10.2 Å². The molecule has 2 aromatic carbocycles. The minimum atomic E-state index is -0.430. The number of thioether (sulfide) groups is 1. The summed E-state index contributed by atoms with van der Waals surface area (Å²) in [4.78, 5) is 18.2. The Hall–Kier alpha value is -3.95. The smallest absolute Gasteiger partial charge is 0.283 e. The molecule has 0 saturated heterocycles. The Labute approximate surface area is 235 Å². The monoisotopic (exact) mass is 553 g/mol. The molecule has 7 nitrogen and oxygen atoms in total. The van der Waals surface area contributed by atoms with Crippen molar-refractivity contribution in [3.63, 3.8) is 0 Å². The van der Waals surface area contributed by atoms with Gasteiger partial charge in [-0.25, -0.2) is 0 Å². The van der Waals surface area contributed by atoms with E-state index in [0.29, 0.717) is 18.3 Å². The molecule has 1 N–H and O–H groups in total. The quantitative estimate of drug-likeness (QED) is 0.268. The molecule has 6 rings (SSSR count). The molecule has 4 heterocycles. The fraction of sp³-hybridized carbons (Fsp3) is 0.200. The molecule has 0 aliphatic carbocycles. The highest BCUT2D eigenvalue weighted by Gasteiger charge is 2.36. The summed E-state index contributed by atoms with van der Waals surface area (Å²) < 4.78 is 8.16. The number of amides is 1. The molecule has 196 valence electrons. The molecule has 0 bridgehead atoms.